The van der Waals surface area contributed by atoms with Gasteiger partial charge in [-0.3, -0.25) is 4.79 Å². The van der Waals surface area contributed by atoms with E-state index >= 15 is 0 Å². The summed E-state index contributed by atoms with van der Waals surface area (Å²) >= 11 is 0. The fourth-order valence-electron chi connectivity index (χ4n) is 1.35. The summed E-state index contributed by atoms with van der Waals surface area (Å²) in [5.41, 5.74) is 1.40. The van der Waals surface area contributed by atoms with Crippen LogP contribution in [-0.4, -0.2) is 5.78 Å². The Morgan fingerprint density at radius 1 is 1.27 bits per heavy atom. The smallest absolute Gasteiger partial charge is 0.196 e. The van der Waals surface area contributed by atoms with E-state index in [1.807, 2.05) is 0 Å². The standard InChI is InChI=1S/C12H9FO2/c1-8-6-9(2-3-11(8)13)12(14)10-4-5-15-7-10/h2-7H,1H3. The number of furan rings is 1. The highest BCUT2D eigenvalue weighted by Gasteiger charge is 2.11. The highest BCUT2D eigenvalue weighted by atomic mass is 19.1. The van der Waals surface area contributed by atoms with E-state index in [1.165, 1.54) is 30.7 Å². The molecule has 0 spiro atoms. The fraction of sp³-hybridized carbons (Fsp3) is 0.0833. The number of hydrogen-bond acceptors (Lipinski definition) is 2. The Morgan fingerprint density at radius 2 is 2.07 bits per heavy atom. The van der Waals surface area contributed by atoms with Gasteiger partial charge in [0.05, 0.1) is 11.8 Å². The molecule has 1 heterocycles. The van der Waals surface area contributed by atoms with Crippen LogP contribution in [0.3, 0.4) is 0 Å². The molecule has 0 aliphatic carbocycles. The number of carbonyl (C=O) groups excluding carboxylic acids is 1. The molecule has 0 fully saturated rings. The molecule has 0 N–H and O–H groups in total. The van der Waals surface area contributed by atoms with E-state index in [2.05, 4.69) is 0 Å². The van der Waals surface area contributed by atoms with Crippen LogP contribution in [-0.2, 0) is 0 Å². The Hall–Kier alpha value is -1.90. The third-order valence-electron chi connectivity index (χ3n) is 2.20. The number of halogens is 1. The van der Waals surface area contributed by atoms with Gasteiger partial charge in [-0.1, -0.05) is 0 Å². The molecule has 3 heteroatoms. The lowest BCUT2D eigenvalue weighted by molar-refractivity contribution is 0.103. The second-order valence-corrected chi connectivity index (χ2v) is 3.31. The summed E-state index contributed by atoms with van der Waals surface area (Å²) in [4.78, 5) is 11.8. The lowest BCUT2D eigenvalue weighted by Crippen LogP contribution is -2.00. The van der Waals surface area contributed by atoms with Gasteiger partial charge in [0.1, 0.15) is 12.1 Å². The summed E-state index contributed by atoms with van der Waals surface area (Å²) in [5, 5.41) is 0. The Bertz CT molecular complexity index is 486. The highest BCUT2D eigenvalue weighted by molar-refractivity contribution is 6.08. The van der Waals surface area contributed by atoms with E-state index in [1.54, 1.807) is 13.0 Å². The minimum Gasteiger partial charge on any atom is -0.472 e. The molecule has 0 atom stereocenters. The first kappa shape index (κ1) is 9.65. The van der Waals surface area contributed by atoms with Crippen molar-refractivity contribution < 1.29 is 13.6 Å². The van der Waals surface area contributed by atoms with Gasteiger partial charge in [-0.15, -0.1) is 0 Å². The second-order valence-electron chi connectivity index (χ2n) is 3.31. The summed E-state index contributed by atoms with van der Waals surface area (Å²) in [6.45, 7) is 1.63. The lowest BCUT2D eigenvalue weighted by atomic mass is 10.0. The van der Waals surface area contributed by atoms with Crippen LogP contribution in [0, 0.1) is 12.7 Å². The normalized spacial score (nSPS) is 10.3. The van der Waals surface area contributed by atoms with Gasteiger partial charge in [0.2, 0.25) is 0 Å². The average molecular weight is 204 g/mol. The molecule has 0 amide bonds. The van der Waals surface area contributed by atoms with Gasteiger partial charge < -0.3 is 4.42 Å². The van der Waals surface area contributed by atoms with Gasteiger partial charge in [0.25, 0.3) is 0 Å². The van der Waals surface area contributed by atoms with Crippen LogP contribution in [0.15, 0.2) is 41.2 Å². The Morgan fingerprint density at radius 3 is 2.67 bits per heavy atom. The van der Waals surface area contributed by atoms with Crippen LogP contribution in [0.4, 0.5) is 4.39 Å². The molecule has 2 nitrogen and oxygen atoms in total. The number of hydrogen-bond donors (Lipinski definition) is 0. The predicted molar refractivity (Wildman–Crippen MR) is 53.3 cm³/mol. The predicted octanol–water partition coefficient (Wildman–Crippen LogP) is 2.96. The Labute approximate surface area is 86.3 Å². The minimum atomic E-state index is -0.307. The summed E-state index contributed by atoms with van der Waals surface area (Å²) in [7, 11) is 0. The van der Waals surface area contributed by atoms with Crippen molar-refractivity contribution >= 4 is 5.78 Å². The van der Waals surface area contributed by atoms with Crippen molar-refractivity contribution in [2.24, 2.45) is 0 Å². The molecule has 0 aliphatic heterocycles. The molecule has 0 aliphatic rings. The second kappa shape index (κ2) is 3.69. The molecule has 76 valence electrons. The summed E-state index contributed by atoms with van der Waals surface area (Å²) in [6, 6.07) is 5.88. The third kappa shape index (κ3) is 1.81. The zero-order valence-corrected chi connectivity index (χ0v) is 8.16. The molecule has 0 radical (unpaired) electrons. The lowest BCUT2D eigenvalue weighted by Gasteiger charge is -2.00. The molecule has 0 saturated carbocycles. The van der Waals surface area contributed by atoms with Crippen molar-refractivity contribution in [1.29, 1.82) is 0 Å². The minimum absolute atomic E-state index is 0.160. The van der Waals surface area contributed by atoms with E-state index in [9.17, 15) is 9.18 Å². The van der Waals surface area contributed by atoms with E-state index in [0.29, 0.717) is 16.7 Å². The molecular weight excluding hydrogens is 195 g/mol. The summed E-state index contributed by atoms with van der Waals surface area (Å²) in [6.07, 6.45) is 2.81. The third-order valence-corrected chi connectivity index (χ3v) is 2.20. The number of benzene rings is 1. The Balaban J connectivity index is 2.39. The van der Waals surface area contributed by atoms with Crippen LogP contribution in [0.1, 0.15) is 21.5 Å². The van der Waals surface area contributed by atoms with Gasteiger partial charge in [-0.2, -0.15) is 0 Å². The first-order valence-electron chi connectivity index (χ1n) is 4.51. The van der Waals surface area contributed by atoms with Crippen LogP contribution in [0.25, 0.3) is 0 Å². The average Bonchev–Trinajstić information content (AvgIpc) is 2.74. The largest absolute Gasteiger partial charge is 0.472 e. The van der Waals surface area contributed by atoms with Crippen molar-refractivity contribution in [3.05, 3.63) is 59.3 Å². The van der Waals surface area contributed by atoms with Crippen LogP contribution < -0.4 is 0 Å². The van der Waals surface area contributed by atoms with Gasteiger partial charge in [-0.25, -0.2) is 4.39 Å². The van der Waals surface area contributed by atoms with Gasteiger partial charge in [-0.05, 0) is 36.8 Å². The zero-order chi connectivity index (χ0) is 10.8. The van der Waals surface area contributed by atoms with E-state index in [-0.39, 0.29) is 11.6 Å². The maximum absolute atomic E-state index is 13.0. The van der Waals surface area contributed by atoms with E-state index in [4.69, 9.17) is 4.42 Å². The topological polar surface area (TPSA) is 30.2 Å². The van der Waals surface area contributed by atoms with Gasteiger partial charge >= 0.3 is 0 Å². The maximum Gasteiger partial charge on any atom is 0.196 e. The van der Waals surface area contributed by atoms with E-state index in [0.717, 1.165) is 0 Å². The van der Waals surface area contributed by atoms with E-state index < -0.39 is 0 Å². The molecule has 0 unspecified atom stereocenters. The zero-order valence-electron chi connectivity index (χ0n) is 8.16. The summed E-state index contributed by atoms with van der Waals surface area (Å²) < 4.78 is 17.8. The quantitative estimate of drug-likeness (QED) is 0.704. The molecule has 15 heavy (non-hydrogen) atoms. The van der Waals surface area contributed by atoms with Crippen molar-refractivity contribution in [2.75, 3.05) is 0 Å². The van der Waals surface area contributed by atoms with Crippen LogP contribution in [0.5, 0.6) is 0 Å². The molecule has 0 bridgehead atoms. The van der Waals surface area contributed by atoms with Crippen LogP contribution in [0.2, 0.25) is 0 Å². The summed E-state index contributed by atoms with van der Waals surface area (Å²) in [5.74, 6) is -0.467. The fourth-order valence-corrected chi connectivity index (χ4v) is 1.35. The monoisotopic (exact) mass is 204 g/mol. The number of rotatable bonds is 2. The first-order valence-corrected chi connectivity index (χ1v) is 4.51. The maximum atomic E-state index is 13.0. The Kier molecular flexibility index (Phi) is 2.37. The van der Waals surface area contributed by atoms with Gasteiger partial charge in [0.15, 0.2) is 5.78 Å². The number of ketones is 1. The molecule has 2 aromatic rings. The molecule has 0 saturated heterocycles. The van der Waals surface area contributed by atoms with Crippen molar-refractivity contribution in [3.63, 3.8) is 0 Å². The van der Waals surface area contributed by atoms with Crippen LogP contribution >= 0.6 is 0 Å². The first-order chi connectivity index (χ1) is 7.18. The van der Waals surface area contributed by atoms with Crippen molar-refractivity contribution in [2.45, 2.75) is 6.92 Å². The van der Waals surface area contributed by atoms with Gasteiger partial charge in [0, 0.05) is 5.56 Å². The molecule has 1 aromatic carbocycles. The number of carbonyl (C=O) groups is 1. The van der Waals surface area contributed by atoms with Crippen molar-refractivity contribution in [1.82, 2.24) is 0 Å². The SMILES string of the molecule is Cc1cc(C(=O)c2ccoc2)ccc1F. The molecule has 1 aromatic heterocycles. The van der Waals surface area contributed by atoms with Crippen molar-refractivity contribution in [3.8, 4) is 0 Å². The number of aryl methyl sites for hydroxylation is 1. The molecular formula is C12H9FO2. The molecule has 2 rings (SSSR count). The highest BCUT2D eigenvalue weighted by Crippen LogP contribution is 2.14.